The minimum atomic E-state index is -0.363. The number of benzene rings is 5. The van der Waals surface area contributed by atoms with E-state index < -0.39 is 0 Å². The van der Waals surface area contributed by atoms with Crippen LogP contribution in [-0.4, -0.2) is 4.92 Å². The van der Waals surface area contributed by atoms with Crippen molar-refractivity contribution in [1.29, 1.82) is 0 Å². The fraction of sp³-hybridized carbons (Fsp3) is 0. The molecule has 0 aliphatic heterocycles. The van der Waals surface area contributed by atoms with Gasteiger partial charge in [-0.3, -0.25) is 10.1 Å². The molecule has 0 saturated carbocycles. The molecule has 0 saturated heterocycles. The summed E-state index contributed by atoms with van der Waals surface area (Å²) in [6, 6.07) is 42.2. The average Bonchev–Trinajstić information content (AvgIpc) is 2.89. The number of hydrogen-bond donors (Lipinski definition) is 0. The summed E-state index contributed by atoms with van der Waals surface area (Å²) >= 11 is 0. The first kappa shape index (κ1) is 20.4. The molecule has 0 amide bonds. The molecule has 0 atom stereocenters. The third-order valence-corrected chi connectivity index (χ3v) is 5.78. The molecule has 5 aromatic rings. The summed E-state index contributed by atoms with van der Waals surface area (Å²) in [4.78, 5) is 10.9. The first-order valence-electron chi connectivity index (χ1n) is 10.8. The molecule has 5 aromatic carbocycles. The van der Waals surface area contributed by atoms with Crippen LogP contribution < -0.4 is 0 Å². The number of nitro benzene ring substituents is 1. The Balaban J connectivity index is 1.84. The lowest BCUT2D eigenvalue weighted by molar-refractivity contribution is -0.384. The summed E-state index contributed by atoms with van der Waals surface area (Å²) in [5.41, 5.74) is 8.72. The Kier molecular flexibility index (Phi) is 5.52. The third-order valence-electron chi connectivity index (χ3n) is 5.78. The van der Waals surface area contributed by atoms with Gasteiger partial charge in [-0.05, 0) is 68.8 Å². The van der Waals surface area contributed by atoms with Gasteiger partial charge in [0.1, 0.15) is 0 Å². The minimum Gasteiger partial charge on any atom is -0.258 e. The molecule has 0 unspecified atom stereocenters. The first-order chi connectivity index (χ1) is 16.2. The van der Waals surface area contributed by atoms with E-state index in [-0.39, 0.29) is 10.6 Å². The second kappa shape index (κ2) is 8.93. The summed E-state index contributed by atoms with van der Waals surface area (Å²) in [5.74, 6) is 0. The van der Waals surface area contributed by atoms with Crippen LogP contribution in [0.1, 0.15) is 0 Å². The van der Waals surface area contributed by atoms with Crippen molar-refractivity contribution in [3.05, 3.63) is 138 Å². The smallest absolute Gasteiger partial charge is 0.258 e. The van der Waals surface area contributed by atoms with Crippen LogP contribution in [0.15, 0.2) is 127 Å². The molecule has 0 aliphatic carbocycles. The fourth-order valence-electron chi connectivity index (χ4n) is 4.19. The van der Waals surface area contributed by atoms with Gasteiger partial charge in [-0.2, -0.15) is 0 Å². The topological polar surface area (TPSA) is 43.1 Å². The Morgan fingerprint density at radius 3 is 1.30 bits per heavy atom. The lowest BCUT2D eigenvalue weighted by Crippen LogP contribution is -1.94. The molecule has 0 heterocycles. The molecule has 0 aromatic heterocycles. The zero-order valence-electron chi connectivity index (χ0n) is 17.9. The monoisotopic (exact) mass is 427 g/mol. The number of hydrogen-bond acceptors (Lipinski definition) is 2. The highest BCUT2D eigenvalue weighted by Gasteiger charge is 2.17. The van der Waals surface area contributed by atoms with Crippen molar-refractivity contribution in [3.8, 4) is 44.5 Å². The van der Waals surface area contributed by atoms with Crippen LogP contribution in [0.5, 0.6) is 0 Å². The molecule has 5 rings (SSSR count). The Morgan fingerprint density at radius 1 is 0.455 bits per heavy atom. The minimum absolute atomic E-state index is 0.0853. The van der Waals surface area contributed by atoms with Crippen molar-refractivity contribution in [3.63, 3.8) is 0 Å². The Labute approximate surface area is 192 Å². The molecule has 158 valence electrons. The molecule has 33 heavy (non-hydrogen) atoms. The number of nitrogens with zero attached hydrogens (tertiary/aromatic N) is 1. The third kappa shape index (κ3) is 4.17. The van der Waals surface area contributed by atoms with Gasteiger partial charge >= 0.3 is 0 Å². The maximum Gasteiger partial charge on any atom is 0.269 e. The normalized spacial score (nSPS) is 10.7. The molecular weight excluding hydrogens is 406 g/mol. The van der Waals surface area contributed by atoms with Crippen molar-refractivity contribution in [2.24, 2.45) is 0 Å². The Morgan fingerprint density at radius 2 is 0.879 bits per heavy atom. The van der Waals surface area contributed by atoms with Crippen LogP contribution in [0, 0.1) is 10.1 Å². The molecule has 0 radical (unpaired) electrons. The molecule has 3 nitrogen and oxygen atoms in total. The largest absolute Gasteiger partial charge is 0.269 e. The zero-order chi connectivity index (χ0) is 22.6. The van der Waals surface area contributed by atoms with Crippen LogP contribution in [0.25, 0.3) is 44.5 Å². The van der Waals surface area contributed by atoms with Crippen LogP contribution >= 0.6 is 0 Å². The van der Waals surface area contributed by atoms with Crippen molar-refractivity contribution in [1.82, 2.24) is 0 Å². The maximum atomic E-state index is 11.2. The molecular formula is C30H21NO2. The maximum absolute atomic E-state index is 11.2. The van der Waals surface area contributed by atoms with Gasteiger partial charge in [0.25, 0.3) is 5.69 Å². The van der Waals surface area contributed by atoms with Crippen molar-refractivity contribution < 1.29 is 4.92 Å². The number of non-ortho nitro benzene ring substituents is 1. The standard InChI is InChI=1S/C30H21NO2/c32-31(33)27-18-16-25(17-19-27)30-28(23-12-6-2-7-13-23)20-26(22-10-4-1-5-11-22)21-29(30)24-14-8-3-9-15-24/h1-21H. The molecule has 0 fully saturated rings. The predicted octanol–water partition coefficient (Wildman–Crippen LogP) is 8.26. The van der Waals surface area contributed by atoms with Crippen molar-refractivity contribution in [2.45, 2.75) is 0 Å². The quantitative estimate of drug-likeness (QED) is 0.209. The van der Waals surface area contributed by atoms with E-state index in [0.717, 1.165) is 44.5 Å². The van der Waals surface area contributed by atoms with Crippen LogP contribution in [-0.2, 0) is 0 Å². The van der Waals surface area contributed by atoms with Crippen LogP contribution in [0.4, 0.5) is 5.69 Å². The van der Waals surface area contributed by atoms with Crippen molar-refractivity contribution in [2.75, 3.05) is 0 Å². The SMILES string of the molecule is O=[N+]([O-])c1ccc(-c2c(-c3ccccc3)cc(-c3ccccc3)cc2-c2ccccc2)cc1. The van der Waals surface area contributed by atoms with Gasteiger partial charge in [-0.1, -0.05) is 91.0 Å². The van der Waals surface area contributed by atoms with Gasteiger partial charge < -0.3 is 0 Å². The fourth-order valence-corrected chi connectivity index (χ4v) is 4.19. The van der Waals surface area contributed by atoms with Crippen molar-refractivity contribution >= 4 is 5.69 Å². The summed E-state index contributed by atoms with van der Waals surface area (Å²) in [6.07, 6.45) is 0. The summed E-state index contributed by atoms with van der Waals surface area (Å²) in [5, 5.41) is 11.2. The van der Waals surface area contributed by atoms with Crippen LogP contribution in [0.3, 0.4) is 0 Å². The summed E-state index contributed by atoms with van der Waals surface area (Å²) in [6.45, 7) is 0. The number of nitro groups is 1. The van der Waals surface area contributed by atoms with Gasteiger partial charge in [0.05, 0.1) is 4.92 Å². The van der Waals surface area contributed by atoms with Crippen LogP contribution in [0.2, 0.25) is 0 Å². The summed E-state index contributed by atoms with van der Waals surface area (Å²) in [7, 11) is 0. The Hall–Kier alpha value is -4.50. The van der Waals surface area contributed by atoms with Gasteiger partial charge in [0.15, 0.2) is 0 Å². The first-order valence-corrected chi connectivity index (χ1v) is 10.8. The predicted molar refractivity (Wildman–Crippen MR) is 135 cm³/mol. The van der Waals surface area contributed by atoms with Gasteiger partial charge in [-0.25, -0.2) is 0 Å². The zero-order valence-corrected chi connectivity index (χ0v) is 17.9. The molecule has 0 spiro atoms. The lowest BCUT2D eigenvalue weighted by atomic mass is 9.84. The van der Waals surface area contributed by atoms with Gasteiger partial charge in [0.2, 0.25) is 0 Å². The second-order valence-corrected chi connectivity index (χ2v) is 7.85. The lowest BCUT2D eigenvalue weighted by Gasteiger charge is -2.19. The van der Waals surface area contributed by atoms with Gasteiger partial charge in [0, 0.05) is 12.1 Å². The van der Waals surface area contributed by atoms with E-state index in [4.69, 9.17) is 0 Å². The molecule has 3 heteroatoms. The van der Waals surface area contributed by atoms with E-state index in [2.05, 4.69) is 48.5 Å². The highest BCUT2D eigenvalue weighted by atomic mass is 16.6. The summed E-state index contributed by atoms with van der Waals surface area (Å²) < 4.78 is 0. The van der Waals surface area contributed by atoms with E-state index in [9.17, 15) is 10.1 Å². The van der Waals surface area contributed by atoms with Gasteiger partial charge in [-0.15, -0.1) is 0 Å². The Bertz CT molecular complexity index is 1330. The van der Waals surface area contributed by atoms with E-state index in [1.165, 1.54) is 0 Å². The average molecular weight is 428 g/mol. The van der Waals surface area contributed by atoms with E-state index in [0.29, 0.717) is 0 Å². The molecule has 0 N–H and O–H groups in total. The van der Waals surface area contributed by atoms with E-state index in [1.807, 2.05) is 66.7 Å². The van der Waals surface area contributed by atoms with E-state index in [1.54, 1.807) is 12.1 Å². The highest BCUT2D eigenvalue weighted by Crippen LogP contribution is 2.43. The van der Waals surface area contributed by atoms with E-state index >= 15 is 0 Å². The molecule has 0 aliphatic rings. The highest BCUT2D eigenvalue weighted by molar-refractivity contribution is 5.97. The second-order valence-electron chi connectivity index (χ2n) is 7.85. The molecule has 0 bridgehead atoms. The number of rotatable bonds is 5.